The standard InChI is InChI=1S/C18H18N4O2/c1-21(13-14-6-4-7-15(23)12-14)18(24)20-16-8-2-3-9-17(16)22-11-5-10-19-22/h2-12,23H,13H2,1H3,(H,20,24). The summed E-state index contributed by atoms with van der Waals surface area (Å²) in [5.74, 6) is 0.185. The predicted molar refractivity (Wildman–Crippen MR) is 92.2 cm³/mol. The van der Waals surface area contributed by atoms with Crippen LogP contribution in [0.25, 0.3) is 5.69 Å². The van der Waals surface area contributed by atoms with Crippen molar-refractivity contribution in [2.45, 2.75) is 6.54 Å². The number of para-hydroxylation sites is 2. The van der Waals surface area contributed by atoms with E-state index in [1.165, 1.54) is 0 Å². The van der Waals surface area contributed by atoms with E-state index in [1.54, 1.807) is 41.0 Å². The Morgan fingerprint density at radius 1 is 1.21 bits per heavy atom. The molecule has 0 aliphatic heterocycles. The molecular formula is C18H18N4O2. The Balaban J connectivity index is 1.73. The molecule has 1 aromatic heterocycles. The third-order valence-corrected chi connectivity index (χ3v) is 3.57. The maximum atomic E-state index is 12.4. The Morgan fingerprint density at radius 2 is 2.04 bits per heavy atom. The maximum absolute atomic E-state index is 12.4. The zero-order valence-electron chi connectivity index (χ0n) is 13.3. The van der Waals surface area contributed by atoms with Crippen LogP contribution in [0.3, 0.4) is 0 Å². The van der Waals surface area contributed by atoms with E-state index >= 15 is 0 Å². The summed E-state index contributed by atoms with van der Waals surface area (Å²) in [4.78, 5) is 14.0. The SMILES string of the molecule is CN(Cc1cccc(O)c1)C(=O)Nc1ccccc1-n1cccn1. The van der Waals surface area contributed by atoms with Crippen molar-refractivity contribution in [3.63, 3.8) is 0 Å². The Hall–Kier alpha value is -3.28. The molecule has 0 saturated heterocycles. The van der Waals surface area contributed by atoms with Crippen molar-refractivity contribution < 1.29 is 9.90 Å². The van der Waals surface area contributed by atoms with Crippen LogP contribution >= 0.6 is 0 Å². The van der Waals surface area contributed by atoms with Crippen molar-refractivity contribution in [3.8, 4) is 11.4 Å². The predicted octanol–water partition coefficient (Wildman–Crippen LogP) is 3.24. The van der Waals surface area contributed by atoms with Gasteiger partial charge in [-0.3, -0.25) is 0 Å². The molecule has 6 nitrogen and oxygen atoms in total. The molecule has 2 amide bonds. The lowest BCUT2D eigenvalue weighted by atomic mass is 10.2. The van der Waals surface area contributed by atoms with E-state index in [4.69, 9.17) is 0 Å². The molecule has 3 aromatic rings. The number of aromatic hydroxyl groups is 1. The molecule has 0 saturated carbocycles. The zero-order chi connectivity index (χ0) is 16.9. The molecule has 6 heteroatoms. The van der Waals surface area contributed by atoms with Gasteiger partial charge >= 0.3 is 6.03 Å². The van der Waals surface area contributed by atoms with E-state index in [2.05, 4.69) is 10.4 Å². The van der Waals surface area contributed by atoms with Crippen LogP contribution in [0.2, 0.25) is 0 Å². The highest BCUT2D eigenvalue weighted by Gasteiger charge is 2.12. The Bertz CT molecular complexity index is 831. The van der Waals surface area contributed by atoms with Crippen LogP contribution in [0.5, 0.6) is 5.75 Å². The van der Waals surface area contributed by atoms with Crippen LogP contribution in [0.15, 0.2) is 67.0 Å². The number of nitrogens with one attached hydrogen (secondary N) is 1. The van der Waals surface area contributed by atoms with Crippen molar-refractivity contribution in [1.29, 1.82) is 0 Å². The van der Waals surface area contributed by atoms with Gasteiger partial charge in [0.2, 0.25) is 0 Å². The molecule has 3 rings (SSSR count). The third kappa shape index (κ3) is 3.55. The fraction of sp³-hybridized carbons (Fsp3) is 0.111. The molecule has 0 fully saturated rings. The van der Waals surface area contributed by atoms with Gasteiger partial charge in [-0.05, 0) is 35.9 Å². The van der Waals surface area contributed by atoms with Gasteiger partial charge in [0.15, 0.2) is 0 Å². The highest BCUT2D eigenvalue weighted by molar-refractivity contribution is 5.91. The van der Waals surface area contributed by atoms with E-state index in [1.807, 2.05) is 42.6 Å². The molecule has 122 valence electrons. The molecule has 2 aromatic carbocycles. The second kappa shape index (κ2) is 6.87. The fourth-order valence-corrected chi connectivity index (χ4v) is 2.40. The van der Waals surface area contributed by atoms with Crippen LogP contribution in [0.4, 0.5) is 10.5 Å². The van der Waals surface area contributed by atoms with Crippen LogP contribution in [0.1, 0.15) is 5.56 Å². The van der Waals surface area contributed by atoms with Gasteiger partial charge < -0.3 is 15.3 Å². The summed E-state index contributed by atoms with van der Waals surface area (Å²) in [6.07, 6.45) is 3.51. The second-order valence-corrected chi connectivity index (χ2v) is 5.42. The number of rotatable bonds is 4. The molecule has 0 unspecified atom stereocenters. The quantitative estimate of drug-likeness (QED) is 0.774. The molecule has 0 radical (unpaired) electrons. The Morgan fingerprint density at radius 3 is 2.79 bits per heavy atom. The zero-order valence-corrected chi connectivity index (χ0v) is 13.3. The topological polar surface area (TPSA) is 70.4 Å². The summed E-state index contributed by atoms with van der Waals surface area (Å²) < 4.78 is 1.70. The van der Waals surface area contributed by atoms with Gasteiger partial charge in [0.25, 0.3) is 0 Å². The van der Waals surface area contributed by atoms with Crippen molar-refractivity contribution >= 4 is 11.7 Å². The van der Waals surface area contributed by atoms with E-state index in [0.717, 1.165) is 11.3 Å². The number of hydrogen-bond acceptors (Lipinski definition) is 3. The minimum Gasteiger partial charge on any atom is -0.508 e. The van der Waals surface area contributed by atoms with Crippen LogP contribution in [-0.2, 0) is 6.54 Å². The Kier molecular flexibility index (Phi) is 4.47. The van der Waals surface area contributed by atoms with Gasteiger partial charge in [-0.15, -0.1) is 0 Å². The fourth-order valence-electron chi connectivity index (χ4n) is 2.40. The Labute approximate surface area is 140 Å². The van der Waals surface area contributed by atoms with Crippen LogP contribution in [-0.4, -0.2) is 32.9 Å². The lowest BCUT2D eigenvalue weighted by Gasteiger charge is -2.19. The van der Waals surface area contributed by atoms with E-state index in [-0.39, 0.29) is 11.8 Å². The molecule has 1 heterocycles. The maximum Gasteiger partial charge on any atom is 0.321 e. The summed E-state index contributed by atoms with van der Waals surface area (Å²) in [6, 6.07) is 15.9. The minimum absolute atomic E-state index is 0.185. The number of anilines is 1. The summed E-state index contributed by atoms with van der Waals surface area (Å²) >= 11 is 0. The first kappa shape index (κ1) is 15.6. The number of hydrogen-bond donors (Lipinski definition) is 2. The van der Waals surface area contributed by atoms with Crippen molar-refractivity contribution in [2.24, 2.45) is 0 Å². The lowest BCUT2D eigenvalue weighted by molar-refractivity contribution is 0.220. The van der Waals surface area contributed by atoms with Crippen LogP contribution < -0.4 is 5.32 Å². The summed E-state index contributed by atoms with van der Waals surface area (Å²) in [5, 5.41) is 16.6. The third-order valence-electron chi connectivity index (χ3n) is 3.57. The van der Waals surface area contributed by atoms with Crippen molar-refractivity contribution in [2.75, 3.05) is 12.4 Å². The number of carbonyl (C=O) groups is 1. The molecular weight excluding hydrogens is 304 g/mol. The number of urea groups is 1. The van der Waals surface area contributed by atoms with Gasteiger partial charge in [0.1, 0.15) is 5.75 Å². The van der Waals surface area contributed by atoms with Gasteiger partial charge in [0, 0.05) is 26.0 Å². The molecule has 0 aliphatic rings. The van der Waals surface area contributed by atoms with Gasteiger partial charge in [-0.25, -0.2) is 9.48 Å². The number of nitrogens with zero attached hydrogens (tertiary/aromatic N) is 3. The molecule has 0 spiro atoms. The van der Waals surface area contributed by atoms with Crippen molar-refractivity contribution in [1.82, 2.24) is 14.7 Å². The van der Waals surface area contributed by atoms with E-state index in [0.29, 0.717) is 12.2 Å². The monoisotopic (exact) mass is 322 g/mol. The molecule has 0 aliphatic carbocycles. The van der Waals surface area contributed by atoms with E-state index in [9.17, 15) is 9.90 Å². The second-order valence-electron chi connectivity index (χ2n) is 5.42. The largest absolute Gasteiger partial charge is 0.508 e. The molecule has 24 heavy (non-hydrogen) atoms. The summed E-state index contributed by atoms with van der Waals surface area (Å²) in [7, 11) is 1.70. The molecule has 2 N–H and O–H groups in total. The molecule has 0 atom stereocenters. The highest BCUT2D eigenvalue weighted by Crippen LogP contribution is 2.20. The van der Waals surface area contributed by atoms with Gasteiger partial charge in [0.05, 0.1) is 11.4 Å². The minimum atomic E-state index is -0.238. The average Bonchev–Trinajstić information content (AvgIpc) is 3.09. The van der Waals surface area contributed by atoms with Gasteiger partial charge in [-0.2, -0.15) is 5.10 Å². The van der Waals surface area contributed by atoms with Crippen molar-refractivity contribution in [3.05, 3.63) is 72.6 Å². The van der Waals surface area contributed by atoms with Crippen LogP contribution in [0, 0.1) is 0 Å². The number of aromatic nitrogens is 2. The number of carbonyl (C=O) groups excluding carboxylic acids is 1. The summed E-state index contributed by atoms with van der Waals surface area (Å²) in [5.41, 5.74) is 2.32. The first-order valence-corrected chi connectivity index (χ1v) is 7.52. The number of phenolic OH excluding ortho intramolecular Hbond substituents is 1. The number of benzene rings is 2. The van der Waals surface area contributed by atoms with Gasteiger partial charge in [-0.1, -0.05) is 24.3 Å². The first-order chi connectivity index (χ1) is 11.6. The first-order valence-electron chi connectivity index (χ1n) is 7.52. The summed E-state index contributed by atoms with van der Waals surface area (Å²) in [6.45, 7) is 0.393. The number of phenols is 1. The smallest absolute Gasteiger partial charge is 0.321 e. The highest BCUT2D eigenvalue weighted by atomic mass is 16.3. The van der Waals surface area contributed by atoms with E-state index < -0.39 is 0 Å². The molecule has 0 bridgehead atoms. The lowest BCUT2D eigenvalue weighted by Crippen LogP contribution is -2.31. The number of amides is 2. The average molecular weight is 322 g/mol. The normalized spacial score (nSPS) is 10.4.